The van der Waals surface area contributed by atoms with E-state index in [1.807, 2.05) is 12.1 Å². The van der Waals surface area contributed by atoms with Gasteiger partial charge in [0.25, 0.3) is 5.91 Å². The van der Waals surface area contributed by atoms with E-state index in [0.29, 0.717) is 28.9 Å². The lowest BCUT2D eigenvalue weighted by Crippen LogP contribution is -2.30. The molecule has 0 bridgehead atoms. The summed E-state index contributed by atoms with van der Waals surface area (Å²) in [6, 6.07) is 23.6. The van der Waals surface area contributed by atoms with Gasteiger partial charge in [-0.2, -0.15) is 9.57 Å². The second-order valence-electron chi connectivity index (χ2n) is 7.97. The van der Waals surface area contributed by atoms with Crippen molar-refractivity contribution in [2.24, 2.45) is 0 Å². The largest absolute Gasteiger partial charge is 0.348 e. The number of nitriles is 1. The maximum absolute atomic E-state index is 13.5. The first-order chi connectivity index (χ1) is 17.5. The third kappa shape index (κ3) is 6.18. The van der Waals surface area contributed by atoms with Crippen LogP contribution in [0.1, 0.15) is 32.7 Å². The number of nitrogens with one attached hydrogen (secondary N) is 1. The zero-order chi connectivity index (χ0) is 25.4. The smallest absolute Gasteiger partial charge is 0.251 e. The Kier molecular flexibility index (Phi) is 7.80. The molecule has 36 heavy (non-hydrogen) atoms. The molecule has 0 unspecified atom stereocenters. The zero-order valence-electron chi connectivity index (χ0n) is 19.3. The third-order valence-electron chi connectivity index (χ3n) is 5.44. The average molecular weight is 498 g/mol. The summed E-state index contributed by atoms with van der Waals surface area (Å²) in [5.41, 5.74) is 3.05. The molecule has 2 aromatic heterocycles. The molecular formula is C27H23N5O3S. The van der Waals surface area contributed by atoms with E-state index >= 15 is 0 Å². The van der Waals surface area contributed by atoms with Gasteiger partial charge < -0.3 is 5.32 Å². The molecule has 4 rings (SSSR count). The number of aromatic nitrogens is 2. The molecule has 1 N–H and O–H groups in total. The molecule has 180 valence electrons. The molecule has 0 spiro atoms. The van der Waals surface area contributed by atoms with Crippen LogP contribution in [0.3, 0.4) is 0 Å². The van der Waals surface area contributed by atoms with Gasteiger partial charge in [-0.15, -0.1) is 0 Å². The molecule has 0 radical (unpaired) electrons. The molecule has 1 amide bonds. The minimum Gasteiger partial charge on any atom is -0.348 e. The molecule has 2 heterocycles. The molecule has 0 aliphatic carbocycles. The Morgan fingerprint density at radius 1 is 0.889 bits per heavy atom. The SMILES string of the molecule is N#Cc1ccc(S(=O)(=O)N(Cc2ccc(C(=O)NCc3cccnc3)cc2)Cc2ccccn2)cc1. The molecule has 0 aliphatic heterocycles. The first kappa shape index (κ1) is 24.7. The van der Waals surface area contributed by atoms with Crippen LogP contribution < -0.4 is 5.32 Å². The predicted octanol–water partition coefficient (Wildman–Crippen LogP) is 3.67. The molecule has 0 aliphatic rings. The summed E-state index contributed by atoms with van der Waals surface area (Å²) in [7, 11) is -3.89. The van der Waals surface area contributed by atoms with Gasteiger partial charge in [0, 0.05) is 37.2 Å². The van der Waals surface area contributed by atoms with Crippen LogP contribution >= 0.6 is 0 Å². The van der Waals surface area contributed by atoms with Crippen molar-refractivity contribution in [1.29, 1.82) is 5.26 Å². The van der Waals surface area contributed by atoms with Crippen molar-refractivity contribution in [3.63, 3.8) is 0 Å². The van der Waals surface area contributed by atoms with Gasteiger partial charge in [0.2, 0.25) is 10.0 Å². The lowest BCUT2D eigenvalue weighted by Gasteiger charge is -2.22. The van der Waals surface area contributed by atoms with Crippen LogP contribution in [0.4, 0.5) is 0 Å². The Balaban J connectivity index is 1.52. The standard InChI is InChI=1S/C27H23N5O3S/c28-16-21-8-12-26(13-9-21)36(34,35)32(20-25-5-1-2-15-30-25)19-22-6-10-24(11-7-22)27(33)31-18-23-4-3-14-29-17-23/h1-15,17H,18-20H2,(H,31,33). The normalized spacial score (nSPS) is 11.1. The van der Waals surface area contributed by atoms with Crippen molar-refractivity contribution in [3.8, 4) is 6.07 Å². The highest BCUT2D eigenvalue weighted by Gasteiger charge is 2.25. The van der Waals surface area contributed by atoms with E-state index in [1.54, 1.807) is 67.1 Å². The lowest BCUT2D eigenvalue weighted by molar-refractivity contribution is 0.0951. The Hall–Kier alpha value is -4.39. The molecule has 0 fully saturated rings. The number of carbonyl (C=O) groups excluding carboxylic acids is 1. The Bertz CT molecular complexity index is 1450. The van der Waals surface area contributed by atoms with Crippen LogP contribution in [0.5, 0.6) is 0 Å². The Morgan fingerprint density at radius 2 is 1.67 bits per heavy atom. The molecule has 0 atom stereocenters. The monoisotopic (exact) mass is 497 g/mol. The van der Waals surface area contributed by atoms with E-state index in [0.717, 1.165) is 5.56 Å². The van der Waals surface area contributed by atoms with Gasteiger partial charge in [-0.3, -0.25) is 14.8 Å². The molecule has 0 saturated heterocycles. The molecule has 8 nitrogen and oxygen atoms in total. The summed E-state index contributed by atoms with van der Waals surface area (Å²) in [5.74, 6) is -0.235. The fourth-order valence-electron chi connectivity index (χ4n) is 3.50. The van der Waals surface area contributed by atoms with E-state index in [1.165, 1.54) is 28.6 Å². The molecule has 4 aromatic rings. The highest BCUT2D eigenvalue weighted by atomic mass is 32.2. The Labute approximate surface area is 209 Å². The summed E-state index contributed by atoms with van der Waals surface area (Å²) < 4.78 is 28.3. The number of benzene rings is 2. The third-order valence-corrected chi connectivity index (χ3v) is 7.24. The van der Waals surface area contributed by atoms with Crippen LogP contribution in [0.2, 0.25) is 0 Å². The number of amides is 1. The van der Waals surface area contributed by atoms with Crippen molar-refractivity contribution < 1.29 is 13.2 Å². The van der Waals surface area contributed by atoms with E-state index < -0.39 is 10.0 Å². The van der Waals surface area contributed by atoms with E-state index in [4.69, 9.17) is 5.26 Å². The van der Waals surface area contributed by atoms with Crippen LogP contribution in [0.15, 0.2) is 102 Å². The maximum atomic E-state index is 13.5. The van der Waals surface area contributed by atoms with Gasteiger partial charge >= 0.3 is 0 Å². The van der Waals surface area contributed by atoms with Crippen molar-refractivity contribution >= 4 is 15.9 Å². The van der Waals surface area contributed by atoms with Gasteiger partial charge in [-0.1, -0.05) is 24.3 Å². The minimum absolute atomic E-state index is 0.0660. The van der Waals surface area contributed by atoms with Gasteiger partial charge in [-0.25, -0.2) is 8.42 Å². The van der Waals surface area contributed by atoms with Gasteiger partial charge in [-0.05, 0) is 65.7 Å². The molecule has 9 heteroatoms. The van der Waals surface area contributed by atoms with E-state index in [2.05, 4.69) is 15.3 Å². The summed E-state index contributed by atoms with van der Waals surface area (Å²) >= 11 is 0. The summed E-state index contributed by atoms with van der Waals surface area (Å²) in [5, 5.41) is 11.9. The maximum Gasteiger partial charge on any atom is 0.251 e. The van der Waals surface area contributed by atoms with Crippen molar-refractivity contribution in [2.75, 3.05) is 0 Å². The van der Waals surface area contributed by atoms with Crippen LogP contribution in [0.25, 0.3) is 0 Å². The highest BCUT2D eigenvalue weighted by molar-refractivity contribution is 7.89. The fourth-order valence-corrected chi connectivity index (χ4v) is 4.90. The second-order valence-corrected chi connectivity index (χ2v) is 9.91. The van der Waals surface area contributed by atoms with Gasteiger partial charge in [0.05, 0.1) is 28.8 Å². The lowest BCUT2D eigenvalue weighted by atomic mass is 10.1. The van der Waals surface area contributed by atoms with E-state index in [9.17, 15) is 13.2 Å². The number of hydrogen-bond donors (Lipinski definition) is 1. The van der Waals surface area contributed by atoms with Crippen molar-refractivity contribution in [1.82, 2.24) is 19.6 Å². The zero-order valence-corrected chi connectivity index (χ0v) is 20.1. The van der Waals surface area contributed by atoms with Gasteiger partial charge in [0.15, 0.2) is 0 Å². The number of carbonyl (C=O) groups is 1. The minimum atomic E-state index is -3.89. The summed E-state index contributed by atoms with van der Waals surface area (Å²) in [6.45, 7) is 0.502. The average Bonchev–Trinajstić information content (AvgIpc) is 2.93. The van der Waals surface area contributed by atoms with Crippen LogP contribution in [0, 0.1) is 11.3 Å². The number of sulfonamides is 1. The first-order valence-corrected chi connectivity index (χ1v) is 12.6. The molecular weight excluding hydrogens is 474 g/mol. The number of pyridine rings is 2. The topological polar surface area (TPSA) is 116 Å². The van der Waals surface area contributed by atoms with Crippen molar-refractivity contribution in [3.05, 3.63) is 125 Å². The quantitative estimate of drug-likeness (QED) is 0.377. The van der Waals surface area contributed by atoms with Crippen molar-refractivity contribution in [2.45, 2.75) is 24.5 Å². The highest BCUT2D eigenvalue weighted by Crippen LogP contribution is 2.21. The predicted molar refractivity (Wildman–Crippen MR) is 134 cm³/mol. The molecule has 0 saturated carbocycles. The second kappa shape index (κ2) is 11.4. The van der Waals surface area contributed by atoms with E-state index in [-0.39, 0.29) is 23.9 Å². The first-order valence-electron chi connectivity index (χ1n) is 11.1. The number of nitrogens with zero attached hydrogens (tertiary/aromatic N) is 4. The summed E-state index contributed by atoms with van der Waals surface area (Å²) in [4.78, 5) is 20.9. The van der Waals surface area contributed by atoms with Crippen LogP contribution in [-0.2, 0) is 29.7 Å². The van der Waals surface area contributed by atoms with Gasteiger partial charge in [0.1, 0.15) is 0 Å². The number of hydrogen-bond acceptors (Lipinski definition) is 6. The number of rotatable bonds is 9. The summed E-state index contributed by atoms with van der Waals surface area (Å²) in [6.07, 6.45) is 4.97. The molecule has 2 aromatic carbocycles. The fraction of sp³-hybridized carbons (Fsp3) is 0.111. The Morgan fingerprint density at radius 3 is 2.31 bits per heavy atom. The van der Waals surface area contributed by atoms with Crippen LogP contribution in [-0.4, -0.2) is 28.6 Å².